The Kier molecular flexibility index (Phi) is 3.82. The second kappa shape index (κ2) is 4.92. The number of thiophene rings is 1. The summed E-state index contributed by atoms with van der Waals surface area (Å²) in [4.78, 5) is 1.11. The number of hydrogen-bond acceptors (Lipinski definition) is 4. The largest absolute Gasteiger partial charge is 0.330 e. The first-order valence-electron chi connectivity index (χ1n) is 6.20. The summed E-state index contributed by atoms with van der Waals surface area (Å²) >= 11 is 1.37. The number of nitrogens with two attached hydrogens (primary N) is 1. The average Bonchev–Trinajstić information content (AvgIpc) is 2.96. The minimum absolute atomic E-state index is 0.0715. The van der Waals surface area contributed by atoms with Crippen molar-refractivity contribution in [3.63, 3.8) is 0 Å². The quantitative estimate of drug-likeness (QED) is 0.916. The first-order chi connectivity index (χ1) is 8.41. The van der Waals surface area contributed by atoms with Crippen molar-refractivity contribution in [1.82, 2.24) is 4.31 Å². The monoisotopic (exact) mass is 288 g/mol. The molecule has 0 aromatic carbocycles. The molecule has 1 atom stereocenters. The predicted molar refractivity (Wildman–Crippen MR) is 74.2 cm³/mol. The molecule has 1 aromatic heterocycles. The lowest BCUT2D eigenvalue weighted by Gasteiger charge is -2.21. The second-order valence-corrected chi connectivity index (χ2v) is 8.51. The van der Waals surface area contributed by atoms with Crippen LogP contribution in [0.5, 0.6) is 0 Å². The van der Waals surface area contributed by atoms with Crippen molar-refractivity contribution in [3.05, 3.63) is 17.0 Å². The highest BCUT2D eigenvalue weighted by Gasteiger charge is 2.39. The third-order valence-corrected chi connectivity index (χ3v) is 7.14. The number of sulfonamides is 1. The highest BCUT2D eigenvalue weighted by molar-refractivity contribution is 7.91. The van der Waals surface area contributed by atoms with Gasteiger partial charge in [-0.1, -0.05) is 13.8 Å². The highest BCUT2D eigenvalue weighted by atomic mass is 32.2. The molecule has 18 heavy (non-hydrogen) atoms. The molecule has 0 spiro atoms. The van der Waals surface area contributed by atoms with Crippen LogP contribution in [0.1, 0.15) is 25.1 Å². The van der Waals surface area contributed by atoms with Crippen molar-refractivity contribution >= 4 is 21.4 Å². The third kappa shape index (κ3) is 2.47. The van der Waals surface area contributed by atoms with E-state index < -0.39 is 10.0 Å². The molecular formula is C12H20N2O2S2. The van der Waals surface area contributed by atoms with E-state index >= 15 is 0 Å². The molecule has 0 radical (unpaired) electrons. The van der Waals surface area contributed by atoms with Crippen LogP contribution < -0.4 is 5.73 Å². The van der Waals surface area contributed by atoms with E-state index in [0.717, 1.165) is 17.7 Å². The molecule has 6 heteroatoms. The van der Waals surface area contributed by atoms with Crippen LogP contribution in [-0.2, 0) is 16.4 Å². The molecule has 2 rings (SSSR count). The Morgan fingerprint density at radius 1 is 1.50 bits per heavy atom. The lowest BCUT2D eigenvalue weighted by Crippen LogP contribution is -2.34. The number of aryl methyl sites for hydroxylation is 1. The molecule has 0 amide bonds. The topological polar surface area (TPSA) is 63.4 Å². The third-order valence-electron chi connectivity index (χ3n) is 3.60. The van der Waals surface area contributed by atoms with Gasteiger partial charge in [0.2, 0.25) is 0 Å². The lowest BCUT2D eigenvalue weighted by molar-refractivity contribution is 0.350. The van der Waals surface area contributed by atoms with Gasteiger partial charge >= 0.3 is 0 Å². The molecule has 1 aliphatic heterocycles. The molecule has 0 aliphatic carbocycles. The van der Waals surface area contributed by atoms with Gasteiger partial charge in [-0.25, -0.2) is 8.42 Å². The number of rotatable bonds is 4. The maximum Gasteiger partial charge on any atom is 0.252 e. The Bertz CT molecular complexity index is 524. The summed E-state index contributed by atoms with van der Waals surface area (Å²) in [6.45, 7) is 5.72. The second-order valence-electron chi connectivity index (χ2n) is 5.18. The molecule has 102 valence electrons. The van der Waals surface area contributed by atoms with Gasteiger partial charge in [0.25, 0.3) is 10.0 Å². The molecule has 2 N–H and O–H groups in total. The van der Waals surface area contributed by atoms with E-state index in [1.807, 2.05) is 13.0 Å². The zero-order valence-electron chi connectivity index (χ0n) is 10.8. The molecular weight excluding hydrogens is 268 g/mol. The van der Waals surface area contributed by atoms with E-state index in [4.69, 9.17) is 5.73 Å². The Morgan fingerprint density at radius 2 is 2.22 bits per heavy atom. The summed E-state index contributed by atoms with van der Waals surface area (Å²) in [5.41, 5.74) is 5.65. The van der Waals surface area contributed by atoms with Crippen molar-refractivity contribution in [1.29, 1.82) is 0 Å². The standard InChI is InChI=1S/C12H20N2O2S2/c1-3-10-4-5-11(17-10)18(15,16)14-7-6-12(2,8-13)9-14/h4-5H,3,6-9,13H2,1-2H3. The summed E-state index contributed by atoms with van der Waals surface area (Å²) in [5, 5.41) is 0. The van der Waals surface area contributed by atoms with Crippen LogP contribution in [0.4, 0.5) is 0 Å². The first-order valence-corrected chi connectivity index (χ1v) is 8.46. The zero-order valence-corrected chi connectivity index (χ0v) is 12.5. The molecule has 0 saturated carbocycles. The zero-order chi connectivity index (χ0) is 13.4. The molecule has 1 aromatic rings. The summed E-state index contributed by atoms with van der Waals surface area (Å²) in [5.74, 6) is 0. The molecule has 1 saturated heterocycles. The maximum atomic E-state index is 12.5. The van der Waals surface area contributed by atoms with Crippen LogP contribution in [0.25, 0.3) is 0 Å². The van der Waals surface area contributed by atoms with Crippen LogP contribution in [0, 0.1) is 5.41 Å². The van der Waals surface area contributed by atoms with E-state index in [-0.39, 0.29) is 5.41 Å². The van der Waals surface area contributed by atoms with Gasteiger partial charge in [-0.05, 0) is 36.9 Å². The average molecular weight is 288 g/mol. The SMILES string of the molecule is CCc1ccc(S(=O)(=O)N2CCC(C)(CN)C2)s1. The number of hydrogen-bond donors (Lipinski definition) is 1. The van der Waals surface area contributed by atoms with Gasteiger partial charge in [0.1, 0.15) is 4.21 Å². The van der Waals surface area contributed by atoms with E-state index in [1.54, 1.807) is 10.4 Å². The molecule has 0 bridgehead atoms. The van der Waals surface area contributed by atoms with Crippen molar-refractivity contribution in [3.8, 4) is 0 Å². The molecule has 1 fully saturated rings. The minimum Gasteiger partial charge on any atom is -0.330 e. The lowest BCUT2D eigenvalue weighted by atomic mass is 9.90. The van der Waals surface area contributed by atoms with E-state index in [2.05, 4.69) is 6.92 Å². The van der Waals surface area contributed by atoms with Gasteiger partial charge in [0.15, 0.2) is 0 Å². The van der Waals surface area contributed by atoms with Crippen molar-refractivity contribution < 1.29 is 8.42 Å². The number of nitrogens with zero attached hydrogens (tertiary/aromatic N) is 1. The summed E-state index contributed by atoms with van der Waals surface area (Å²) in [7, 11) is -3.31. The van der Waals surface area contributed by atoms with Gasteiger partial charge < -0.3 is 5.73 Å². The fraction of sp³-hybridized carbons (Fsp3) is 0.667. The normalized spacial score (nSPS) is 25.7. The Labute approximate surface area is 113 Å². The predicted octanol–water partition coefficient (Wildman–Crippen LogP) is 1.67. The van der Waals surface area contributed by atoms with Crippen LogP contribution in [0.2, 0.25) is 0 Å². The van der Waals surface area contributed by atoms with Gasteiger partial charge in [-0.3, -0.25) is 0 Å². The molecule has 1 aliphatic rings. The fourth-order valence-corrected chi connectivity index (χ4v) is 5.21. The van der Waals surface area contributed by atoms with Crippen molar-refractivity contribution in [2.24, 2.45) is 11.1 Å². The van der Waals surface area contributed by atoms with Crippen molar-refractivity contribution in [2.45, 2.75) is 30.9 Å². The summed E-state index contributed by atoms with van der Waals surface area (Å²) in [6, 6.07) is 3.62. The minimum atomic E-state index is -3.31. The Morgan fingerprint density at radius 3 is 2.72 bits per heavy atom. The molecule has 2 heterocycles. The van der Waals surface area contributed by atoms with E-state index in [9.17, 15) is 8.42 Å². The van der Waals surface area contributed by atoms with Gasteiger partial charge in [0, 0.05) is 18.0 Å². The van der Waals surface area contributed by atoms with Gasteiger partial charge in [0.05, 0.1) is 0 Å². The smallest absolute Gasteiger partial charge is 0.252 e. The van der Waals surface area contributed by atoms with E-state index in [1.165, 1.54) is 11.3 Å². The summed E-state index contributed by atoms with van der Waals surface area (Å²) < 4.78 is 27.0. The Hall–Kier alpha value is -0.430. The van der Waals surface area contributed by atoms with Crippen molar-refractivity contribution in [2.75, 3.05) is 19.6 Å². The van der Waals surface area contributed by atoms with Crippen LogP contribution in [-0.4, -0.2) is 32.4 Å². The molecule has 4 nitrogen and oxygen atoms in total. The van der Waals surface area contributed by atoms with Crippen LogP contribution in [0.3, 0.4) is 0 Å². The van der Waals surface area contributed by atoms with Gasteiger partial charge in [-0.15, -0.1) is 11.3 Å². The van der Waals surface area contributed by atoms with Crippen LogP contribution in [0.15, 0.2) is 16.3 Å². The van der Waals surface area contributed by atoms with Crippen LogP contribution >= 0.6 is 11.3 Å². The maximum absolute atomic E-state index is 12.5. The first kappa shape index (κ1) is 14.0. The highest BCUT2D eigenvalue weighted by Crippen LogP contribution is 2.34. The van der Waals surface area contributed by atoms with Gasteiger partial charge in [-0.2, -0.15) is 4.31 Å². The molecule has 1 unspecified atom stereocenters. The summed E-state index contributed by atoms with van der Waals surface area (Å²) in [6.07, 6.45) is 1.72. The fourth-order valence-electron chi connectivity index (χ4n) is 2.16. The van der Waals surface area contributed by atoms with E-state index in [0.29, 0.717) is 23.8 Å². The Balaban J connectivity index is 2.22.